The van der Waals surface area contributed by atoms with Gasteiger partial charge in [-0.15, -0.1) is 0 Å². The molecule has 2 atom stereocenters. The normalized spacial score (nSPS) is 22.1. The number of hydrogen-bond donors (Lipinski definition) is 3. The van der Waals surface area contributed by atoms with Gasteiger partial charge in [0.1, 0.15) is 0 Å². The molecular formula is C13H17N3O4. The zero-order valence-corrected chi connectivity index (χ0v) is 10.9. The number of nitro benzene ring substituents is 1. The lowest BCUT2D eigenvalue weighted by Crippen LogP contribution is -2.46. The zero-order chi connectivity index (χ0) is 14.5. The van der Waals surface area contributed by atoms with Crippen LogP contribution in [0.15, 0.2) is 24.3 Å². The number of urea groups is 1. The van der Waals surface area contributed by atoms with E-state index < -0.39 is 17.1 Å². The van der Waals surface area contributed by atoms with Crippen LogP contribution in [0.25, 0.3) is 0 Å². The van der Waals surface area contributed by atoms with Gasteiger partial charge < -0.3 is 15.7 Å². The molecule has 1 aliphatic carbocycles. The summed E-state index contributed by atoms with van der Waals surface area (Å²) in [4.78, 5) is 21.9. The van der Waals surface area contributed by atoms with E-state index in [0.717, 1.165) is 19.3 Å². The maximum Gasteiger partial charge on any atom is 0.319 e. The molecule has 20 heavy (non-hydrogen) atoms. The molecule has 2 amide bonds. The Morgan fingerprint density at radius 2 is 2.10 bits per heavy atom. The van der Waals surface area contributed by atoms with Gasteiger partial charge in [0, 0.05) is 17.8 Å². The molecule has 0 saturated heterocycles. The van der Waals surface area contributed by atoms with Crippen molar-refractivity contribution in [2.45, 2.75) is 37.8 Å². The molecule has 7 nitrogen and oxygen atoms in total. The number of nitrogens with zero attached hydrogens (tertiary/aromatic N) is 1. The van der Waals surface area contributed by atoms with Gasteiger partial charge in [-0.2, -0.15) is 0 Å². The number of amides is 2. The molecule has 0 radical (unpaired) electrons. The number of hydrogen-bond acceptors (Lipinski definition) is 4. The molecule has 0 spiro atoms. The van der Waals surface area contributed by atoms with Gasteiger partial charge in [0.05, 0.1) is 17.1 Å². The minimum atomic E-state index is -0.528. The highest BCUT2D eigenvalue weighted by Gasteiger charge is 2.24. The first-order valence-corrected chi connectivity index (χ1v) is 6.56. The average Bonchev–Trinajstić information content (AvgIpc) is 2.41. The van der Waals surface area contributed by atoms with Crippen molar-refractivity contribution in [3.63, 3.8) is 0 Å². The molecule has 0 bridgehead atoms. The van der Waals surface area contributed by atoms with Crippen LogP contribution in [0.4, 0.5) is 16.2 Å². The van der Waals surface area contributed by atoms with Gasteiger partial charge >= 0.3 is 6.03 Å². The van der Waals surface area contributed by atoms with Crippen molar-refractivity contribution in [3.8, 4) is 0 Å². The Kier molecular flexibility index (Phi) is 4.52. The maximum atomic E-state index is 11.8. The second-order valence-corrected chi connectivity index (χ2v) is 4.86. The van der Waals surface area contributed by atoms with Crippen molar-refractivity contribution >= 4 is 17.4 Å². The van der Waals surface area contributed by atoms with Crippen molar-refractivity contribution in [2.24, 2.45) is 0 Å². The average molecular weight is 279 g/mol. The second kappa shape index (κ2) is 6.33. The Hall–Kier alpha value is -2.15. The smallest absolute Gasteiger partial charge is 0.319 e. The van der Waals surface area contributed by atoms with Crippen LogP contribution in [0.5, 0.6) is 0 Å². The highest BCUT2D eigenvalue weighted by Crippen LogP contribution is 2.19. The summed E-state index contributed by atoms with van der Waals surface area (Å²) in [5.74, 6) is 0. The first-order chi connectivity index (χ1) is 9.56. The number of nitro groups is 1. The van der Waals surface area contributed by atoms with Gasteiger partial charge in [0.15, 0.2) is 0 Å². The quantitative estimate of drug-likeness (QED) is 0.581. The summed E-state index contributed by atoms with van der Waals surface area (Å²) in [5.41, 5.74) is 0.266. The van der Waals surface area contributed by atoms with E-state index in [2.05, 4.69) is 10.6 Å². The molecule has 0 unspecified atom stereocenters. The third kappa shape index (κ3) is 3.67. The molecule has 0 aliphatic heterocycles. The summed E-state index contributed by atoms with van der Waals surface area (Å²) >= 11 is 0. The molecule has 1 fully saturated rings. The number of carbonyl (C=O) groups is 1. The number of non-ortho nitro benzene ring substituents is 1. The Morgan fingerprint density at radius 1 is 1.35 bits per heavy atom. The zero-order valence-electron chi connectivity index (χ0n) is 10.9. The molecule has 3 N–H and O–H groups in total. The van der Waals surface area contributed by atoms with Crippen LogP contribution < -0.4 is 10.6 Å². The van der Waals surface area contributed by atoms with E-state index in [9.17, 15) is 20.0 Å². The lowest BCUT2D eigenvalue weighted by molar-refractivity contribution is -0.384. The van der Waals surface area contributed by atoms with Crippen LogP contribution in [0, 0.1) is 10.1 Å². The van der Waals surface area contributed by atoms with E-state index in [4.69, 9.17) is 0 Å². The molecule has 0 aromatic heterocycles. The SMILES string of the molecule is O=C(Nc1cccc([N+](=O)[O-])c1)N[C@@H]1CCCC[C@@H]1O. The molecule has 7 heteroatoms. The van der Waals surface area contributed by atoms with Crippen molar-refractivity contribution in [1.82, 2.24) is 5.32 Å². The summed E-state index contributed by atoms with van der Waals surface area (Å²) < 4.78 is 0. The summed E-state index contributed by atoms with van der Waals surface area (Å²) in [6, 6.07) is 5.00. The fourth-order valence-corrected chi connectivity index (χ4v) is 2.31. The Morgan fingerprint density at radius 3 is 2.80 bits per heavy atom. The molecule has 108 valence electrons. The number of benzene rings is 1. The van der Waals surface area contributed by atoms with Crippen LogP contribution in [0.1, 0.15) is 25.7 Å². The largest absolute Gasteiger partial charge is 0.391 e. The number of aliphatic hydroxyl groups excluding tert-OH is 1. The molecule has 0 heterocycles. The van der Waals surface area contributed by atoms with Crippen LogP contribution in [0.2, 0.25) is 0 Å². The van der Waals surface area contributed by atoms with Gasteiger partial charge in [-0.25, -0.2) is 4.79 Å². The minimum absolute atomic E-state index is 0.0829. The van der Waals surface area contributed by atoms with Crippen LogP contribution in [-0.4, -0.2) is 28.2 Å². The van der Waals surface area contributed by atoms with Gasteiger partial charge in [-0.3, -0.25) is 10.1 Å². The van der Waals surface area contributed by atoms with Crippen molar-refractivity contribution in [2.75, 3.05) is 5.32 Å². The number of aliphatic hydroxyl groups is 1. The van der Waals surface area contributed by atoms with Gasteiger partial charge in [-0.05, 0) is 18.9 Å². The monoisotopic (exact) mass is 279 g/mol. The minimum Gasteiger partial charge on any atom is -0.391 e. The third-order valence-corrected chi connectivity index (χ3v) is 3.36. The molecule has 2 rings (SSSR count). The van der Waals surface area contributed by atoms with E-state index in [-0.39, 0.29) is 11.7 Å². The summed E-state index contributed by atoms with van der Waals surface area (Å²) in [7, 11) is 0. The molecular weight excluding hydrogens is 262 g/mol. The fraction of sp³-hybridized carbons (Fsp3) is 0.462. The number of carbonyl (C=O) groups excluding carboxylic acids is 1. The van der Waals surface area contributed by atoms with Gasteiger partial charge in [0.25, 0.3) is 5.69 Å². The van der Waals surface area contributed by atoms with Crippen LogP contribution >= 0.6 is 0 Å². The Labute approximate surface area is 116 Å². The predicted molar refractivity (Wildman–Crippen MR) is 73.5 cm³/mol. The first kappa shape index (κ1) is 14.3. The topological polar surface area (TPSA) is 104 Å². The summed E-state index contributed by atoms with van der Waals surface area (Å²) in [5, 5.41) is 25.6. The van der Waals surface area contributed by atoms with Crippen molar-refractivity contribution in [3.05, 3.63) is 34.4 Å². The second-order valence-electron chi connectivity index (χ2n) is 4.86. The molecule has 1 aliphatic rings. The Bertz CT molecular complexity index is 506. The van der Waals surface area contributed by atoms with Gasteiger partial charge in [0.2, 0.25) is 0 Å². The lowest BCUT2D eigenvalue weighted by Gasteiger charge is -2.28. The van der Waals surface area contributed by atoms with E-state index in [1.165, 1.54) is 18.2 Å². The van der Waals surface area contributed by atoms with E-state index >= 15 is 0 Å². The Balaban J connectivity index is 1.94. The highest BCUT2D eigenvalue weighted by atomic mass is 16.6. The number of rotatable bonds is 3. The van der Waals surface area contributed by atoms with E-state index in [1.807, 2.05) is 0 Å². The first-order valence-electron chi connectivity index (χ1n) is 6.56. The predicted octanol–water partition coefficient (Wildman–Crippen LogP) is 2.02. The highest BCUT2D eigenvalue weighted by molar-refractivity contribution is 5.89. The fourth-order valence-electron chi connectivity index (χ4n) is 2.31. The lowest BCUT2D eigenvalue weighted by atomic mass is 9.93. The standard InChI is InChI=1S/C13H17N3O4/c17-12-7-2-1-6-11(12)15-13(18)14-9-4-3-5-10(8-9)16(19)20/h3-5,8,11-12,17H,1-2,6-7H2,(H2,14,15,18)/t11-,12+/m1/s1. The summed E-state index contributed by atoms with van der Waals surface area (Å²) in [6.07, 6.45) is 2.83. The summed E-state index contributed by atoms with van der Waals surface area (Å²) in [6.45, 7) is 0. The number of anilines is 1. The molecule has 1 aromatic rings. The van der Waals surface area contributed by atoms with Crippen LogP contribution in [-0.2, 0) is 0 Å². The number of nitrogens with one attached hydrogen (secondary N) is 2. The van der Waals surface area contributed by atoms with E-state index in [1.54, 1.807) is 6.07 Å². The molecule has 1 saturated carbocycles. The maximum absolute atomic E-state index is 11.8. The van der Waals surface area contributed by atoms with Crippen molar-refractivity contribution < 1.29 is 14.8 Å². The van der Waals surface area contributed by atoms with Gasteiger partial charge in [-0.1, -0.05) is 18.9 Å². The molecule has 1 aromatic carbocycles. The third-order valence-electron chi connectivity index (χ3n) is 3.36. The van der Waals surface area contributed by atoms with Crippen LogP contribution in [0.3, 0.4) is 0 Å². The van der Waals surface area contributed by atoms with Crippen molar-refractivity contribution in [1.29, 1.82) is 0 Å². The van der Waals surface area contributed by atoms with E-state index in [0.29, 0.717) is 12.1 Å².